The van der Waals surface area contributed by atoms with Gasteiger partial charge in [-0.05, 0) is 97.5 Å². The van der Waals surface area contributed by atoms with Crippen molar-refractivity contribution in [1.29, 1.82) is 0 Å². The second-order valence-electron chi connectivity index (χ2n) is 8.97. The Bertz CT molecular complexity index is 1340. The monoisotopic (exact) mass is 674 g/mol. The minimum Gasteiger partial charge on any atom is -0.487 e. The van der Waals surface area contributed by atoms with Crippen LogP contribution in [-0.2, 0) is 16.2 Å². The zero-order valence-electron chi connectivity index (χ0n) is 18.0. The van der Waals surface area contributed by atoms with Crippen molar-refractivity contribution in [1.82, 2.24) is 5.01 Å². The van der Waals surface area contributed by atoms with E-state index in [1.165, 1.54) is 10.8 Å². The van der Waals surface area contributed by atoms with Crippen molar-refractivity contribution in [3.63, 3.8) is 0 Å². The number of ether oxygens (including phenoxy) is 1. The normalized spacial score (nSPS) is 25.2. The number of halogens is 2. The van der Waals surface area contributed by atoms with Crippen LogP contribution in [-0.4, -0.2) is 23.0 Å². The number of hydrazone groups is 1. The van der Waals surface area contributed by atoms with Crippen LogP contribution in [0.5, 0.6) is 5.75 Å². The maximum absolute atomic E-state index is 12.8. The van der Waals surface area contributed by atoms with Crippen molar-refractivity contribution in [2.24, 2.45) is 28.8 Å². The second-order valence-corrected chi connectivity index (χ2v) is 11.3. The van der Waals surface area contributed by atoms with E-state index in [1.54, 1.807) is 6.21 Å². The van der Waals surface area contributed by atoms with E-state index < -0.39 is 0 Å². The van der Waals surface area contributed by atoms with Gasteiger partial charge in [0.05, 0.1) is 25.2 Å². The summed E-state index contributed by atoms with van der Waals surface area (Å²) in [4.78, 5) is 25.7. The van der Waals surface area contributed by atoms with Gasteiger partial charge >= 0.3 is 0 Å². The van der Waals surface area contributed by atoms with Crippen molar-refractivity contribution in [2.45, 2.75) is 13.0 Å². The highest BCUT2D eigenvalue weighted by Gasteiger charge is 2.59. The molecule has 0 N–H and O–H groups in total. The highest BCUT2D eigenvalue weighted by Crippen LogP contribution is 2.52. The zero-order valence-corrected chi connectivity index (χ0v) is 22.3. The van der Waals surface area contributed by atoms with Gasteiger partial charge in [0.15, 0.2) is 0 Å². The fraction of sp³-hybridized carbons (Fsp3) is 0.222. The number of nitrogens with zero attached hydrogens (tertiary/aromatic N) is 2. The maximum Gasteiger partial charge on any atom is 0.254 e. The van der Waals surface area contributed by atoms with E-state index in [2.05, 4.69) is 86.7 Å². The number of benzene rings is 3. The Morgan fingerprint density at radius 1 is 0.941 bits per heavy atom. The molecule has 1 saturated heterocycles. The number of hydrogen-bond donors (Lipinski definition) is 0. The molecular formula is C27H20I2N2O3. The van der Waals surface area contributed by atoms with E-state index in [0.29, 0.717) is 6.61 Å². The molecule has 3 aromatic rings. The summed E-state index contributed by atoms with van der Waals surface area (Å²) in [6.07, 6.45) is 6.70. The van der Waals surface area contributed by atoms with Gasteiger partial charge in [0.25, 0.3) is 11.8 Å². The predicted octanol–water partition coefficient (Wildman–Crippen LogP) is 5.77. The lowest BCUT2D eigenvalue weighted by Crippen LogP contribution is -2.28. The number of fused-ring (bicyclic) bond motifs is 6. The standard InChI is InChI=1S/C27H20I2N2O3/c28-21-10-15(13-30-31-26(32)23-17-8-9-18(12-17)24(23)27(31)33)11-22(29)25(21)34-14-19-6-3-5-16-4-1-2-7-20(16)19/h1-11,13,17-18,23-24H,12,14H2/t17-,18-,23-,24+/m0/s1. The van der Waals surface area contributed by atoms with Gasteiger partial charge < -0.3 is 4.74 Å². The number of carbonyl (C=O) groups is 2. The van der Waals surface area contributed by atoms with Crippen LogP contribution in [0, 0.1) is 30.8 Å². The number of hydrogen-bond acceptors (Lipinski definition) is 4. The lowest BCUT2D eigenvalue weighted by Gasteiger charge is -2.13. The fourth-order valence-electron chi connectivity index (χ4n) is 5.48. The number of allylic oxidation sites excluding steroid dienone is 2. The summed E-state index contributed by atoms with van der Waals surface area (Å²) >= 11 is 4.51. The average Bonchev–Trinajstić information content (AvgIpc) is 3.51. The topological polar surface area (TPSA) is 59.0 Å². The Morgan fingerprint density at radius 3 is 2.29 bits per heavy atom. The van der Waals surface area contributed by atoms with Crippen LogP contribution in [0.25, 0.3) is 10.8 Å². The van der Waals surface area contributed by atoms with Gasteiger partial charge in [-0.15, -0.1) is 0 Å². The molecule has 1 heterocycles. The molecule has 3 aromatic carbocycles. The van der Waals surface area contributed by atoms with Crippen LogP contribution in [0.15, 0.2) is 71.9 Å². The molecule has 170 valence electrons. The summed E-state index contributed by atoms with van der Waals surface area (Å²) < 4.78 is 8.12. The van der Waals surface area contributed by atoms with Crippen molar-refractivity contribution in [3.05, 3.63) is 85.0 Å². The van der Waals surface area contributed by atoms with Gasteiger partial charge in [0, 0.05) is 0 Å². The lowest BCUT2D eigenvalue weighted by atomic mass is 9.85. The SMILES string of the molecule is O=C1[C@@H]2[C@H](C(=O)N1N=Cc1cc(I)c(OCc3cccc4ccccc34)c(I)c1)[C@H]1C=C[C@H]2C1. The minimum absolute atomic E-state index is 0.164. The van der Waals surface area contributed by atoms with E-state index in [1.807, 2.05) is 30.3 Å². The molecular weight excluding hydrogens is 654 g/mol. The Kier molecular flexibility index (Phi) is 5.71. The molecule has 4 atom stereocenters. The zero-order chi connectivity index (χ0) is 23.4. The molecule has 2 fully saturated rings. The quantitative estimate of drug-likeness (QED) is 0.150. The summed E-state index contributed by atoms with van der Waals surface area (Å²) in [5.41, 5.74) is 1.96. The van der Waals surface area contributed by atoms with E-state index in [9.17, 15) is 9.59 Å². The van der Waals surface area contributed by atoms with Crippen LogP contribution in [0.3, 0.4) is 0 Å². The number of imide groups is 1. The third-order valence-corrected chi connectivity index (χ3v) is 8.64. The highest BCUT2D eigenvalue weighted by atomic mass is 127. The fourth-order valence-corrected chi connectivity index (χ4v) is 7.61. The summed E-state index contributed by atoms with van der Waals surface area (Å²) in [5, 5.41) is 7.78. The molecule has 3 aliphatic rings. The van der Waals surface area contributed by atoms with E-state index in [4.69, 9.17) is 4.74 Å². The Morgan fingerprint density at radius 2 is 1.59 bits per heavy atom. The predicted molar refractivity (Wildman–Crippen MR) is 147 cm³/mol. The molecule has 0 aromatic heterocycles. The van der Waals surface area contributed by atoms with Crippen molar-refractivity contribution >= 4 is 74.0 Å². The van der Waals surface area contributed by atoms with Crippen LogP contribution < -0.4 is 4.74 Å². The third-order valence-electron chi connectivity index (χ3n) is 7.04. The molecule has 5 nitrogen and oxygen atoms in total. The molecule has 1 aliphatic heterocycles. The largest absolute Gasteiger partial charge is 0.487 e. The molecule has 1 saturated carbocycles. The molecule has 2 bridgehead atoms. The van der Waals surface area contributed by atoms with Crippen molar-refractivity contribution in [3.8, 4) is 5.75 Å². The lowest BCUT2D eigenvalue weighted by molar-refractivity contribution is -0.140. The maximum atomic E-state index is 12.8. The van der Waals surface area contributed by atoms with Crippen molar-refractivity contribution in [2.75, 3.05) is 0 Å². The van der Waals surface area contributed by atoms with Gasteiger partial charge in [0.1, 0.15) is 12.4 Å². The number of amides is 2. The van der Waals surface area contributed by atoms with E-state index >= 15 is 0 Å². The van der Waals surface area contributed by atoms with E-state index in [-0.39, 0.29) is 35.5 Å². The van der Waals surface area contributed by atoms with Gasteiger partial charge in [-0.2, -0.15) is 10.1 Å². The summed E-state index contributed by atoms with van der Waals surface area (Å²) in [6, 6.07) is 18.4. The molecule has 0 unspecified atom stereocenters. The number of carbonyl (C=O) groups excluding carboxylic acids is 2. The molecule has 34 heavy (non-hydrogen) atoms. The van der Waals surface area contributed by atoms with Crippen LogP contribution in [0.4, 0.5) is 0 Å². The summed E-state index contributed by atoms with van der Waals surface area (Å²) in [6.45, 7) is 0.469. The van der Waals surface area contributed by atoms with Gasteiger partial charge in [-0.25, -0.2) is 0 Å². The Labute approximate surface area is 224 Å². The molecule has 7 heteroatoms. The minimum atomic E-state index is -0.232. The molecule has 0 radical (unpaired) electrons. The first-order valence-electron chi connectivity index (χ1n) is 11.2. The van der Waals surface area contributed by atoms with Crippen LogP contribution in [0.1, 0.15) is 17.5 Å². The summed E-state index contributed by atoms with van der Waals surface area (Å²) in [5.74, 6) is 0.398. The summed E-state index contributed by atoms with van der Waals surface area (Å²) in [7, 11) is 0. The molecule has 0 spiro atoms. The second kappa shape index (κ2) is 8.75. The Balaban J connectivity index is 1.19. The first-order valence-corrected chi connectivity index (χ1v) is 13.4. The van der Waals surface area contributed by atoms with Crippen LogP contribution in [0.2, 0.25) is 0 Å². The van der Waals surface area contributed by atoms with Crippen molar-refractivity contribution < 1.29 is 14.3 Å². The first kappa shape index (κ1) is 22.2. The first-order chi connectivity index (χ1) is 16.5. The molecule has 6 rings (SSSR count). The van der Waals surface area contributed by atoms with Crippen LogP contribution >= 0.6 is 45.2 Å². The van der Waals surface area contributed by atoms with Gasteiger partial charge in [-0.3, -0.25) is 9.59 Å². The Hall–Kier alpha value is -2.27. The average molecular weight is 674 g/mol. The smallest absolute Gasteiger partial charge is 0.254 e. The van der Waals surface area contributed by atoms with E-state index in [0.717, 1.165) is 35.4 Å². The highest BCUT2D eigenvalue weighted by molar-refractivity contribution is 14.1. The molecule has 2 aliphatic carbocycles. The third kappa shape index (κ3) is 3.67. The number of rotatable bonds is 5. The van der Waals surface area contributed by atoms with Gasteiger partial charge in [0.2, 0.25) is 0 Å². The molecule has 2 amide bonds. The van der Waals surface area contributed by atoms with Gasteiger partial charge in [-0.1, -0.05) is 54.6 Å².